The molecule has 4 aromatic rings. The van der Waals surface area contributed by atoms with Crippen LogP contribution in [0.5, 0.6) is 0 Å². The normalized spacial score (nSPS) is 12.3. The van der Waals surface area contributed by atoms with Gasteiger partial charge in [-0.3, -0.25) is 4.79 Å². The maximum atomic E-state index is 11.7. The lowest BCUT2D eigenvalue weighted by Gasteiger charge is -2.13. The highest BCUT2D eigenvalue weighted by atomic mass is 16.4. The zero-order chi connectivity index (χ0) is 19.3. The van der Waals surface area contributed by atoms with E-state index in [1.54, 1.807) is 0 Å². The second-order valence-electron chi connectivity index (χ2n) is 6.77. The van der Waals surface area contributed by atoms with Crippen molar-refractivity contribution in [2.24, 2.45) is 0 Å². The van der Waals surface area contributed by atoms with Gasteiger partial charge in [-0.25, -0.2) is 4.98 Å². The first-order valence-electron chi connectivity index (χ1n) is 9.31. The molecule has 0 aliphatic heterocycles. The number of nitrogens with one attached hydrogen (secondary N) is 3. The molecular formula is C22H22N4O2. The van der Waals surface area contributed by atoms with Crippen LogP contribution in [-0.2, 0) is 17.8 Å². The van der Waals surface area contributed by atoms with Crippen molar-refractivity contribution in [3.8, 4) is 11.3 Å². The van der Waals surface area contributed by atoms with E-state index in [2.05, 4.69) is 20.3 Å². The van der Waals surface area contributed by atoms with Crippen molar-refractivity contribution in [1.82, 2.24) is 20.3 Å². The number of aliphatic carboxylic acids is 1. The summed E-state index contributed by atoms with van der Waals surface area (Å²) in [6.45, 7) is 0.494. The van der Waals surface area contributed by atoms with Crippen LogP contribution in [0.1, 0.15) is 17.8 Å². The first-order valence-corrected chi connectivity index (χ1v) is 9.31. The fraction of sp³-hybridized carbons (Fsp3) is 0.182. The van der Waals surface area contributed by atoms with E-state index in [4.69, 9.17) is 0 Å². The number of carboxylic acid groups (broad SMARTS) is 1. The molecule has 4 rings (SSSR count). The van der Waals surface area contributed by atoms with E-state index in [1.165, 1.54) is 0 Å². The Bertz CT molecular complexity index is 1070. The van der Waals surface area contributed by atoms with Gasteiger partial charge < -0.3 is 20.4 Å². The van der Waals surface area contributed by atoms with Crippen molar-refractivity contribution in [1.29, 1.82) is 0 Å². The summed E-state index contributed by atoms with van der Waals surface area (Å²) in [5.74, 6) is -0.0614. The molecular weight excluding hydrogens is 352 g/mol. The monoisotopic (exact) mass is 374 g/mol. The number of aryl methyl sites for hydroxylation is 1. The Balaban J connectivity index is 1.38. The topological polar surface area (TPSA) is 93.8 Å². The number of H-pyrrole nitrogens is 2. The van der Waals surface area contributed by atoms with Crippen LogP contribution >= 0.6 is 0 Å². The largest absolute Gasteiger partial charge is 0.480 e. The fourth-order valence-corrected chi connectivity index (χ4v) is 3.35. The van der Waals surface area contributed by atoms with Crippen molar-refractivity contribution in [3.05, 3.63) is 78.4 Å². The number of para-hydroxylation sites is 1. The fourth-order valence-electron chi connectivity index (χ4n) is 3.35. The number of hydrogen-bond acceptors (Lipinski definition) is 3. The summed E-state index contributed by atoms with van der Waals surface area (Å²) in [5.41, 5.74) is 4.02. The first-order chi connectivity index (χ1) is 13.7. The zero-order valence-corrected chi connectivity index (χ0v) is 15.4. The molecule has 0 amide bonds. The predicted molar refractivity (Wildman–Crippen MR) is 109 cm³/mol. The van der Waals surface area contributed by atoms with Crippen LogP contribution in [0.2, 0.25) is 0 Å². The number of aromatic nitrogens is 3. The molecule has 0 aliphatic carbocycles. The average molecular weight is 374 g/mol. The molecule has 0 fully saturated rings. The lowest BCUT2D eigenvalue weighted by atomic mass is 10.1. The summed E-state index contributed by atoms with van der Waals surface area (Å²) in [7, 11) is 0. The third-order valence-electron chi connectivity index (χ3n) is 4.88. The molecule has 28 heavy (non-hydrogen) atoms. The van der Waals surface area contributed by atoms with Crippen molar-refractivity contribution in [2.45, 2.75) is 25.4 Å². The molecule has 2 aromatic heterocycles. The molecule has 2 aromatic carbocycles. The standard InChI is InChI=1S/C22H22N4O2/c27-22(28)19(24-13-16-12-23-18-9-5-4-8-17(16)18)10-11-21-25-14-20(26-21)15-6-2-1-3-7-15/h1-9,12,14,19,23-24H,10-11,13H2,(H,25,26)(H,27,28)/t19-/m0/s1. The van der Waals surface area contributed by atoms with Gasteiger partial charge in [0, 0.05) is 41.8 Å². The molecule has 6 nitrogen and oxygen atoms in total. The van der Waals surface area contributed by atoms with Gasteiger partial charge in [-0.05, 0) is 18.1 Å². The predicted octanol–water partition coefficient (Wildman–Crippen LogP) is 3.73. The highest BCUT2D eigenvalue weighted by Crippen LogP contribution is 2.19. The molecule has 0 radical (unpaired) electrons. The van der Waals surface area contributed by atoms with Crippen LogP contribution in [0.15, 0.2) is 67.0 Å². The first kappa shape index (κ1) is 18.0. The molecule has 0 saturated carbocycles. The maximum Gasteiger partial charge on any atom is 0.320 e. The highest BCUT2D eigenvalue weighted by Gasteiger charge is 2.18. The Morgan fingerprint density at radius 1 is 1.04 bits per heavy atom. The van der Waals surface area contributed by atoms with Crippen LogP contribution in [0, 0.1) is 0 Å². The van der Waals surface area contributed by atoms with Gasteiger partial charge in [0.1, 0.15) is 11.9 Å². The van der Waals surface area contributed by atoms with Gasteiger partial charge in [0.15, 0.2) is 0 Å². The van der Waals surface area contributed by atoms with Gasteiger partial charge in [-0.2, -0.15) is 0 Å². The lowest BCUT2D eigenvalue weighted by molar-refractivity contribution is -0.139. The zero-order valence-electron chi connectivity index (χ0n) is 15.4. The Kier molecular flexibility index (Phi) is 5.21. The number of hydrogen-bond donors (Lipinski definition) is 4. The third kappa shape index (κ3) is 3.97. The van der Waals surface area contributed by atoms with E-state index >= 15 is 0 Å². The number of imidazole rings is 1. The maximum absolute atomic E-state index is 11.7. The summed E-state index contributed by atoms with van der Waals surface area (Å²) in [5, 5.41) is 13.8. The van der Waals surface area contributed by atoms with Gasteiger partial charge in [-0.1, -0.05) is 48.5 Å². The summed E-state index contributed by atoms with van der Waals surface area (Å²) in [6, 6.07) is 17.3. The molecule has 4 N–H and O–H groups in total. The third-order valence-corrected chi connectivity index (χ3v) is 4.88. The number of aromatic amines is 2. The second kappa shape index (κ2) is 8.10. The van der Waals surface area contributed by atoms with Crippen LogP contribution < -0.4 is 5.32 Å². The molecule has 6 heteroatoms. The minimum Gasteiger partial charge on any atom is -0.480 e. The molecule has 142 valence electrons. The smallest absolute Gasteiger partial charge is 0.320 e. The number of rotatable bonds is 8. The molecule has 0 saturated heterocycles. The van der Waals surface area contributed by atoms with Crippen molar-refractivity contribution >= 4 is 16.9 Å². The van der Waals surface area contributed by atoms with Crippen LogP contribution in [0.25, 0.3) is 22.2 Å². The van der Waals surface area contributed by atoms with Gasteiger partial charge in [0.25, 0.3) is 0 Å². The Morgan fingerprint density at radius 3 is 2.64 bits per heavy atom. The Hall–Kier alpha value is -3.38. The Labute approximate surface area is 162 Å². The molecule has 2 heterocycles. The van der Waals surface area contributed by atoms with Gasteiger partial charge >= 0.3 is 5.97 Å². The molecule has 0 bridgehead atoms. The minimum absolute atomic E-state index is 0.458. The summed E-state index contributed by atoms with van der Waals surface area (Å²) in [6.07, 6.45) is 4.80. The van der Waals surface area contributed by atoms with Crippen molar-refractivity contribution < 1.29 is 9.90 Å². The molecule has 0 spiro atoms. The van der Waals surface area contributed by atoms with E-state index in [0.29, 0.717) is 19.4 Å². The van der Waals surface area contributed by atoms with Gasteiger partial charge in [0.05, 0.1) is 5.69 Å². The number of fused-ring (bicyclic) bond motifs is 1. The van der Waals surface area contributed by atoms with Crippen molar-refractivity contribution in [3.63, 3.8) is 0 Å². The van der Waals surface area contributed by atoms with Crippen LogP contribution in [0.4, 0.5) is 0 Å². The molecule has 1 atom stereocenters. The highest BCUT2D eigenvalue weighted by molar-refractivity contribution is 5.83. The van der Waals surface area contributed by atoms with E-state index in [9.17, 15) is 9.90 Å². The number of carbonyl (C=O) groups is 1. The van der Waals surface area contributed by atoms with E-state index in [-0.39, 0.29) is 0 Å². The lowest BCUT2D eigenvalue weighted by Crippen LogP contribution is -2.36. The van der Waals surface area contributed by atoms with Gasteiger partial charge in [-0.15, -0.1) is 0 Å². The molecule has 0 aliphatic rings. The van der Waals surface area contributed by atoms with E-state index in [0.717, 1.165) is 33.5 Å². The SMILES string of the molecule is O=C(O)[C@H](CCc1nc(-c2ccccc2)c[nH]1)NCc1c[nH]c2ccccc12. The second-order valence-corrected chi connectivity index (χ2v) is 6.77. The van der Waals surface area contributed by atoms with E-state index < -0.39 is 12.0 Å². The number of carboxylic acids is 1. The Morgan fingerprint density at radius 2 is 1.82 bits per heavy atom. The van der Waals surface area contributed by atoms with Crippen LogP contribution in [0.3, 0.4) is 0 Å². The van der Waals surface area contributed by atoms with E-state index in [1.807, 2.05) is 67.0 Å². The quantitative estimate of drug-likeness (QED) is 0.378. The van der Waals surface area contributed by atoms with Gasteiger partial charge in [0.2, 0.25) is 0 Å². The average Bonchev–Trinajstić information content (AvgIpc) is 3.36. The minimum atomic E-state index is -0.852. The summed E-state index contributed by atoms with van der Waals surface area (Å²) in [4.78, 5) is 22.6. The number of nitrogens with zero attached hydrogens (tertiary/aromatic N) is 1. The molecule has 0 unspecified atom stereocenters. The van der Waals surface area contributed by atoms with Crippen LogP contribution in [-0.4, -0.2) is 32.1 Å². The summed E-state index contributed by atoms with van der Waals surface area (Å²) < 4.78 is 0. The van der Waals surface area contributed by atoms with Crippen molar-refractivity contribution in [2.75, 3.05) is 0 Å². The summed E-state index contributed by atoms with van der Waals surface area (Å²) >= 11 is 0. The number of benzene rings is 2.